The van der Waals surface area contributed by atoms with Crippen molar-refractivity contribution in [1.82, 2.24) is 14.8 Å². The highest BCUT2D eigenvalue weighted by Crippen LogP contribution is 2.38. The van der Waals surface area contributed by atoms with Crippen LogP contribution >= 0.6 is 11.6 Å². The first kappa shape index (κ1) is 20.7. The molecule has 32 heavy (non-hydrogen) atoms. The number of allylic oxidation sites excluding steroid dienone is 1. The summed E-state index contributed by atoms with van der Waals surface area (Å²) in [6.45, 7) is 3.82. The Hall–Kier alpha value is -3.18. The second kappa shape index (κ2) is 8.40. The van der Waals surface area contributed by atoms with Crippen LogP contribution in [-0.4, -0.2) is 52.8 Å². The Balaban J connectivity index is 1.58. The van der Waals surface area contributed by atoms with E-state index < -0.39 is 0 Å². The molecule has 162 valence electrons. The summed E-state index contributed by atoms with van der Waals surface area (Å²) in [6, 6.07) is 15.6. The van der Waals surface area contributed by atoms with Gasteiger partial charge in [-0.05, 0) is 47.8 Å². The van der Waals surface area contributed by atoms with Crippen molar-refractivity contribution >= 4 is 46.0 Å². The zero-order valence-corrected chi connectivity index (χ0v) is 18.7. The van der Waals surface area contributed by atoms with Gasteiger partial charge < -0.3 is 9.80 Å². The number of fused-ring (bicyclic) bond motifs is 2. The number of amides is 2. The van der Waals surface area contributed by atoms with Gasteiger partial charge in [-0.1, -0.05) is 48.0 Å². The summed E-state index contributed by atoms with van der Waals surface area (Å²) in [7, 11) is 0. The normalized spacial score (nSPS) is 17.1. The van der Waals surface area contributed by atoms with Gasteiger partial charge in [-0.3, -0.25) is 9.59 Å². The number of benzene rings is 2. The van der Waals surface area contributed by atoms with Gasteiger partial charge in [0.25, 0.3) is 5.91 Å². The molecule has 0 unspecified atom stereocenters. The number of carbonyl (C=O) groups excluding carboxylic acids is 2. The molecule has 5 nitrogen and oxygen atoms in total. The van der Waals surface area contributed by atoms with Crippen LogP contribution in [0.2, 0.25) is 5.02 Å². The van der Waals surface area contributed by atoms with Crippen molar-refractivity contribution in [3.05, 3.63) is 75.9 Å². The summed E-state index contributed by atoms with van der Waals surface area (Å²) in [5.41, 5.74) is 5.55. The summed E-state index contributed by atoms with van der Waals surface area (Å²) in [5.74, 6) is 0.0868. The summed E-state index contributed by atoms with van der Waals surface area (Å²) in [4.78, 5) is 34.0. The van der Waals surface area contributed by atoms with Crippen LogP contribution in [-0.2, 0) is 11.2 Å². The van der Waals surface area contributed by atoms with E-state index in [1.807, 2.05) is 53.4 Å². The zero-order chi connectivity index (χ0) is 22.2. The minimum absolute atomic E-state index is 0.0297. The summed E-state index contributed by atoms with van der Waals surface area (Å²) >= 11 is 6.39. The Morgan fingerprint density at radius 2 is 1.62 bits per heavy atom. The first-order valence-corrected chi connectivity index (χ1v) is 11.3. The second-order valence-electron chi connectivity index (χ2n) is 8.32. The highest BCUT2D eigenvalue weighted by Gasteiger charge is 2.31. The van der Waals surface area contributed by atoms with Crippen molar-refractivity contribution in [1.29, 1.82) is 0 Å². The number of rotatable bonds is 2. The number of hydrogen-bond acceptors (Lipinski definition) is 3. The minimum atomic E-state index is 0.0297. The zero-order valence-electron chi connectivity index (χ0n) is 18.0. The van der Waals surface area contributed by atoms with Gasteiger partial charge in [0, 0.05) is 43.5 Å². The summed E-state index contributed by atoms with van der Waals surface area (Å²) in [5, 5.41) is 1.60. The van der Waals surface area contributed by atoms with Crippen LogP contribution in [0.3, 0.4) is 0 Å². The SMILES string of the molecule is CC(=O)N1CCN(C(=O)c2c3c(nc4ccccc24)C(=Cc2ccccc2Cl)CC3)CC1. The van der Waals surface area contributed by atoms with Crippen LogP contribution < -0.4 is 0 Å². The van der Waals surface area contributed by atoms with E-state index in [4.69, 9.17) is 16.6 Å². The molecule has 5 rings (SSSR count). The molecule has 1 aromatic heterocycles. The molecule has 1 fully saturated rings. The van der Waals surface area contributed by atoms with E-state index in [-0.39, 0.29) is 11.8 Å². The average Bonchev–Trinajstić information content (AvgIpc) is 3.20. The van der Waals surface area contributed by atoms with Crippen LogP contribution in [0.5, 0.6) is 0 Å². The first-order chi connectivity index (χ1) is 15.5. The number of nitrogens with zero attached hydrogens (tertiary/aromatic N) is 3. The molecule has 1 aliphatic heterocycles. The predicted molar refractivity (Wildman–Crippen MR) is 128 cm³/mol. The van der Waals surface area contributed by atoms with Gasteiger partial charge in [0.1, 0.15) is 0 Å². The monoisotopic (exact) mass is 445 g/mol. The lowest BCUT2D eigenvalue weighted by Crippen LogP contribution is -2.50. The van der Waals surface area contributed by atoms with Crippen LogP contribution in [0, 0.1) is 0 Å². The van der Waals surface area contributed by atoms with Crippen molar-refractivity contribution < 1.29 is 9.59 Å². The number of halogens is 1. The molecule has 2 aliphatic rings. The quantitative estimate of drug-likeness (QED) is 0.575. The molecule has 6 heteroatoms. The fraction of sp³-hybridized carbons (Fsp3) is 0.269. The molecule has 0 N–H and O–H groups in total. The van der Waals surface area contributed by atoms with Crippen molar-refractivity contribution in [3.8, 4) is 0 Å². The molecule has 3 aromatic rings. The van der Waals surface area contributed by atoms with Gasteiger partial charge >= 0.3 is 0 Å². The maximum absolute atomic E-state index is 13.7. The molecular weight excluding hydrogens is 422 g/mol. The van der Waals surface area contributed by atoms with Crippen molar-refractivity contribution in [2.45, 2.75) is 19.8 Å². The third-order valence-corrected chi connectivity index (χ3v) is 6.75. The van der Waals surface area contributed by atoms with E-state index >= 15 is 0 Å². The molecule has 2 aromatic carbocycles. The van der Waals surface area contributed by atoms with E-state index in [0.717, 1.165) is 51.7 Å². The molecule has 0 bridgehead atoms. The predicted octanol–water partition coefficient (Wildman–Crippen LogP) is 4.68. The Bertz CT molecular complexity index is 1260. The topological polar surface area (TPSA) is 53.5 Å². The van der Waals surface area contributed by atoms with Gasteiger partial charge in [-0.25, -0.2) is 4.98 Å². The Labute approximate surface area is 192 Å². The van der Waals surface area contributed by atoms with Gasteiger partial charge in [0.05, 0.1) is 16.8 Å². The van der Waals surface area contributed by atoms with E-state index in [2.05, 4.69) is 6.08 Å². The highest BCUT2D eigenvalue weighted by atomic mass is 35.5. The lowest BCUT2D eigenvalue weighted by molar-refractivity contribution is -0.130. The summed E-state index contributed by atoms with van der Waals surface area (Å²) < 4.78 is 0. The first-order valence-electron chi connectivity index (χ1n) is 10.9. The minimum Gasteiger partial charge on any atom is -0.339 e. The number of pyridine rings is 1. The van der Waals surface area contributed by atoms with Crippen molar-refractivity contribution in [3.63, 3.8) is 0 Å². The Morgan fingerprint density at radius 1 is 0.938 bits per heavy atom. The fourth-order valence-corrected chi connectivity index (χ4v) is 4.88. The molecule has 1 saturated heterocycles. The molecule has 1 aliphatic carbocycles. The van der Waals surface area contributed by atoms with E-state index in [0.29, 0.717) is 31.2 Å². The van der Waals surface area contributed by atoms with Crippen LogP contribution in [0.1, 0.15) is 40.5 Å². The second-order valence-corrected chi connectivity index (χ2v) is 8.73. The van der Waals surface area contributed by atoms with E-state index in [9.17, 15) is 9.59 Å². The maximum atomic E-state index is 13.7. The highest BCUT2D eigenvalue weighted by molar-refractivity contribution is 6.32. The standard InChI is InChI=1S/C26H24ClN3O2/c1-17(31)29-12-14-30(15-13-29)26(32)24-20-7-3-5-9-23(20)28-25-19(10-11-21(24)25)16-18-6-2-4-8-22(18)27/h2-9,16H,10-15H2,1H3. The number of carbonyl (C=O) groups is 2. The smallest absolute Gasteiger partial charge is 0.255 e. The van der Waals surface area contributed by atoms with Gasteiger partial charge in [-0.2, -0.15) is 0 Å². The van der Waals surface area contributed by atoms with E-state index in [1.54, 1.807) is 11.8 Å². The molecular formula is C26H24ClN3O2. The molecule has 0 saturated carbocycles. The van der Waals surface area contributed by atoms with Crippen LogP contribution in [0.15, 0.2) is 48.5 Å². The number of piperazine rings is 1. The third-order valence-electron chi connectivity index (χ3n) is 6.40. The van der Waals surface area contributed by atoms with Crippen LogP contribution in [0.25, 0.3) is 22.6 Å². The molecule has 0 spiro atoms. The van der Waals surface area contributed by atoms with Crippen LogP contribution in [0.4, 0.5) is 0 Å². The average molecular weight is 446 g/mol. The molecule has 2 heterocycles. The lowest BCUT2D eigenvalue weighted by atomic mass is 9.99. The Morgan fingerprint density at radius 3 is 2.38 bits per heavy atom. The molecule has 0 atom stereocenters. The fourth-order valence-electron chi connectivity index (χ4n) is 4.69. The largest absolute Gasteiger partial charge is 0.339 e. The molecule has 0 radical (unpaired) electrons. The lowest BCUT2D eigenvalue weighted by Gasteiger charge is -2.34. The number of hydrogen-bond donors (Lipinski definition) is 0. The molecule has 2 amide bonds. The number of aromatic nitrogens is 1. The van der Waals surface area contributed by atoms with Crippen molar-refractivity contribution in [2.24, 2.45) is 0 Å². The van der Waals surface area contributed by atoms with Gasteiger partial charge in [-0.15, -0.1) is 0 Å². The van der Waals surface area contributed by atoms with Gasteiger partial charge in [0.2, 0.25) is 5.91 Å². The maximum Gasteiger partial charge on any atom is 0.255 e. The van der Waals surface area contributed by atoms with E-state index in [1.165, 1.54) is 0 Å². The number of para-hydroxylation sites is 1. The van der Waals surface area contributed by atoms with Crippen molar-refractivity contribution in [2.75, 3.05) is 26.2 Å². The Kier molecular flexibility index (Phi) is 5.43. The summed E-state index contributed by atoms with van der Waals surface area (Å²) in [6.07, 6.45) is 3.69. The van der Waals surface area contributed by atoms with Gasteiger partial charge in [0.15, 0.2) is 0 Å². The third kappa shape index (κ3) is 3.67.